The minimum absolute atomic E-state index is 0.291. The maximum absolute atomic E-state index is 9.75. The molecule has 3 rings (SSSR count). The van der Waals surface area contributed by atoms with Gasteiger partial charge in [-0.15, -0.1) is 0 Å². The molecule has 22 heavy (non-hydrogen) atoms. The highest BCUT2D eigenvalue weighted by Crippen LogP contribution is 2.37. The van der Waals surface area contributed by atoms with Gasteiger partial charge in [0.05, 0.1) is 10.9 Å². The van der Waals surface area contributed by atoms with E-state index in [4.69, 9.17) is 0 Å². The lowest BCUT2D eigenvalue weighted by molar-refractivity contribution is 0.368. The Balaban J connectivity index is 0.000000309. The third kappa shape index (κ3) is 5.41. The van der Waals surface area contributed by atoms with Crippen molar-refractivity contribution in [1.29, 1.82) is 0 Å². The van der Waals surface area contributed by atoms with Crippen molar-refractivity contribution in [2.45, 2.75) is 34.3 Å². The summed E-state index contributed by atoms with van der Waals surface area (Å²) in [5, 5.41) is 0.875. The van der Waals surface area contributed by atoms with Gasteiger partial charge < -0.3 is 17.3 Å². The van der Waals surface area contributed by atoms with Crippen molar-refractivity contribution in [3.05, 3.63) is 60.7 Å². The molecule has 0 saturated heterocycles. The molecule has 6 heteroatoms. The SMILES string of the molecule is F[B-](F)(F)F.c1ccc([S+](c2ccccc2)C2CCC2)cc1. The van der Waals surface area contributed by atoms with Crippen LogP contribution in [0.2, 0.25) is 0 Å². The van der Waals surface area contributed by atoms with E-state index in [2.05, 4.69) is 60.7 Å². The molecule has 0 aromatic heterocycles. The second kappa shape index (κ2) is 7.72. The summed E-state index contributed by atoms with van der Waals surface area (Å²) in [4.78, 5) is 3.01. The Morgan fingerprint density at radius 2 is 1.09 bits per heavy atom. The van der Waals surface area contributed by atoms with E-state index in [9.17, 15) is 17.3 Å². The van der Waals surface area contributed by atoms with Crippen molar-refractivity contribution >= 4 is 18.1 Å². The monoisotopic (exact) mass is 328 g/mol. The molecule has 0 aliphatic heterocycles. The summed E-state index contributed by atoms with van der Waals surface area (Å²) >= 11 is 0. The van der Waals surface area contributed by atoms with E-state index in [1.807, 2.05) is 0 Å². The normalized spacial score (nSPS) is 15.0. The van der Waals surface area contributed by atoms with Gasteiger partial charge in [-0.3, -0.25) is 0 Å². The summed E-state index contributed by atoms with van der Waals surface area (Å²) < 4.78 is 39.0. The van der Waals surface area contributed by atoms with Crippen LogP contribution in [0.25, 0.3) is 0 Å². The predicted molar refractivity (Wildman–Crippen MR) is 84.6 cm³/mol. The van der Waals surface area contributed by atoms with E-state index in [1.54, 1.807) is 0 Å². The van der Waals surface area contributed by atoms with Crippen LogP contribution >= 0.6 is 0 Å². The summed E-state index contributed by atoms with van der Waals surface area (Å²) in [6, 6.07) is 22.0. The van der Waals surface area contributed by atoms with E-state index in [0.717, 1.165) is 5.25 Å². The Hall–Kier alpha value is -1.43. The molecule has 0 heterocycles. The maximum Gasteiger partial charge on any atom is 0.673 e. The minimum atomic E-state index is -6.00. The summed E-state index contributed by atoms with van der Waals surface area (Å²) in [7, 11) is -5.71. The molecule has 0 N–H and O–H groups in total. The molecule has 0 nitrogen and oxygen atoms in total. The summed E-state index contributed by atoms with van der Waals surface area (Å²) in [5.41, 5.74) is 0. The second-order valence-corrected chi connectivity index (χ2v) is 7.30. The molecule has 0 radical (unpaired) electrons. The molecule has 1 aliphatic rings. The highest BCUT2D eigenvalue weighted by Gasteiger charge is 2.39. The van der Waals surface area contributed by atoms with E-state index < -0.39 is 7.25 Å². The molecule has 1 saturated carbocycles. The molecule has 2 aromatic rings. The highest BCUT2D eigenvalue weighted by molar-refractivity contribution is 7.97. The molecule has 0 amide bonds. The van der Waals surface area contributed by atoms with Gasteiger partial charge in [0.15, 0.2) is 9.79 Å². The zero-order valence-electron chi connectivity index (χ0n) is 12.0. The van der Waals surface area contributed by atoms with Crippen LogP contribution in [0.3, 0.4) is 0 Å². The highest BCUT2D eigenvalue weighted by atomic mass is 32.2. The minimum Gasteiger partial charge on any atom is -0.418 e. The first kappa shape index (κ1) is 16.9. The molecule has 0 unspecified atom stereocenters. The number of rotatable bonds is 3. The van der Waals surface area contributed by atoms with Gasteiger partial charge in [0.2, 0.25) is 0 Å². The fraction of sp³-hybridized carbons (Fsp3) is 0.250. The Morgan fingerprint density at radius 1 is 0.727 bits per heavy atom. The molecule has 1 aliphatic carbocycles. The first-order chi connectivity index (χ1) is 10.4. The zero-order valence-corrected chi connectivity index (χ0v) is 12.8. The fourth-order valence-electron chi connectivity index (χ4n) is 2.26. The van der Waals surface area contributed by atoms with Crippen LogP contribution in [0.15, 0.2) is 70.5 Å². The van der Waals surface area contributed by atoms with Gasteiger partial charge >= 0.3 is 7.25 Å². The molecule has 0 atom stereocenters. The average Bonchev–Trinajstić information content (AvgIpc) is 2.43. The largest absolute Gasteiger partial charge is 0.673 e. The third-order valence-electron chi connectivity index (χ3n) is 3.38. The van der Waals surface area contributed by atoms with Crippen LogP contribution in [0, 0.1) is 0 Å². The molecular weight excluding hydrogens is 311 g/mol. The first-order valence-corrected chi connectivity index (χ1v) is 8.44. The smallest absolute Gasteiger partial charge is 0.418 e. The summed E-state index contributed by atoms with van der Waals surface area (Å²) in [5.74, 6) is 0. The van der Waals surface area contributed by atoms with Gasteiger partial charge in [-0.05, 0) is 43.5 Å². The van der Waals surface area contributed by atoms with Gasteiger partial charge in [-0.25, -0.2) is 0 Å². The van der Waals surface area contributed by atoms with Crippen LogP contribution in [-0.2, 0) is 10.9 Å². The van der Waals surface area contributed by atoms with E-state index in [0.29, 0.717) is 10.9 Å². The van der Waals surface area contributed by atoms with E-state index in [-0.39, 0.29) is 0 Å². The van der Waals surface area contributed by atoms with Crippen LogP contribution in [-0.4, -0.2) is 12.5 Å². The van der Waals surface area contributed by atoms with Crippen molar-refractivity contribution in [1.82, 2.24) is 0 Å². The van der Waals surface area contributed by atoms with E-state index in [1.165, 1.54) is 29.1 Å². The quantitative estimate of drug-likeness (QED) is 0.392. The molecule has 118 valence electrons. The topological polar surface area (TPSA) is 0 Å². The lowest BCUT2D eigenvalue weighted by atomic mass is 10.00. The van der Waals surface area contributed by atoms with Gasteiger partial charge in [0.1, 0.15) is 5.25 Å². The predicted octanol–water partition coefficient (Wildman–Crippen LogP) is 5.58. The van der Waals surface area contributed by atoms with Gasteiger partial charge in [0, 0.05) is 0 Å². The lowest BCUT2D eigenvalue weighted by Crippen LogP contribution is -2.28. The number of benzene rings is 2. The van der Waals surface area contributed by atoms with Gasteiger partial charge in [-0.1, -0.05) is 36.4 Å². The average molecular weight is 328 g/mol. The molecule has 0 bridgehead atoms. The Kier molecular flexibility index (Phi) is 5.94. The van der Waals surface area contributed by atoms with Crippen LogP contribution in [0.1, 0.15) is 19.3 Å². The van der Waals surface area contributed by atoms with Gasteiger partial charge in [0.25, 0.3) is 0 Å². The molecule has 2 aromatic carbocycles. The number of hydrogen-bond acceptors (Lipinski definition) is 0. The van der Waals surface area contributed by atoms with Crippen LogP contribution in [0.5, 0.6) is 0 Å². The molecule has 0 spiro atoms. The Labute approximate surface area is 131 Å². The summed E-state index contributed by atoms with van der Waals surface area (Å²) in [6.45, 7) is 0. The van der Waals surface area contributed by atoms with Crippen molar-refractivity contribution < 1.29 is 17.3 Å². The zero-order chi connectivity index (χ0) is 16.0. The van der Waals surface area contributed by atoms with Crippen molar-refractivity contribution in [3.63, 3.8) is 0 Å². The summed E-state index contributed by atoms with van der Waals surface area (Å²) in [6.07, 6.45) is 4.20. The Bertz CT molecular complexity index is 510. The standard InChI is InChI=1S/C16H17S.BF4/c1-3-8-14(9-4-1)17(16-12-7-13-16)15-10-5-2-6-11-15;2-1(3,4)5/h1-6,8-11,16H,7,12-13H2;/q+1;-1. The number of halogens is 4. The fourth-order valence-corrected chi connectivity index (χ4v) is 5.01. The van der Waals surface area contributed by atoms with E-state index >= 15 is 0 Å². The van der Waals surface area contributed by atoms with Crippen molar-refractivity contribution in [2.24, 2.45) is 0 Å². The van der Waals surface area contributed by atoms with Crippen molar-refractivity contribution in [2.75, 3.05) is 0 Å². The Morgan fingerprint density at radius 3 is 1.36 bits per heavy atom. The maximum atomic E-state index is 9.75. The van der Waals surface area contributed by atoms with Gasteiger partial charge in [-0.2, -0.15) is 0 Å². The first-order valence-electron chi connectivity index (χ1n) is 7.15. The third-order valence-corrected chi connectivity index (χ3v) is 6.08. The second-order valence-electron chi connectivity index (χ2n) is 5.01. The van der Waals surface area contributed by atoms with Crippen molar-refractivity contribution in [3.8, 4) is 0 Å². The molecular formula is C16H17BF4S. The number of hydrogen-bond donors (Lipinski definition) is 0. The van der Waals surface area contributed by atoms with Crippen LogP contribution < -0.4 is 0 Å². The van der Waals surface area contributed by atoms with Crippen LogP contribution in [0.4, 0.5) is 17.3 Å². The lowest BCUT2D eigenvalue weighted by Gasteiger charge is -2.25. The molecule has 1 fully saturated rings.